The molecule has 9 nitrogen and oxygen atoms in total. The van der Waals surface area contributed by atoms with E-state index in [0.717, 1.165) is 22.5 Å². The minimum Gasteiger partial charge on any atom is -0.497 e. The predicted octanol–water partition coefficient (Wildman–Crippen LogP) is 2.80. The number of amides is 2. The molecular weight excluding hydrogens is 470 g/mol. The van der Waals surface area contributed by atoms with Gasteiger partial charge in [0.25, 0.3) is 0 Å². The second-order valence-corrected chi connectivity index (χ2v) is 9.94. The van der Waals surface area contributed by atoms with E-state index in [1.54, 1.807) is 12.1 Å². The van der Waals surface area contributed by atoms with Crippen molar-refractivity contribution >= 4 is 27.5 Å². The lowest BCUT2D eigenvalue weighted by atomic mass is 10.1. The van der Waals surface area contributed by atoms with Gasteiger partial charge in [-0.05, 0) is 30.5 Å². The summed E-state index contributed by atoms with van der Waals surface area (Å²) in [6, 6.07) is 13.2. The van der Waals surface area contributed by atoms with Gasteiger partial charge in [-0.15, -0.1) is 0 Å². The van der Waals surface area contributed by atoms with Gasteiger partial charge in [-0.1, -0.05) is 44.2 Å². The maximum absolute atomic E-state index is 13.7. The van der Waals surface area contributed by atoms with Crippen LogP contribution in [-0.4, -0.2) is 64.7 Å². The van der Waals surface area contributed by atoms with Crippen molar-refractivity contribution in [3.05, 3.63) is 54.1 Å². The maximum atomic E-state index is 13.7. The van der Waals surface area contributed by atoms with Crippen molar-refractivity contribution in [2.75, 3.05) is 37.9 Å². The zero-order valence-electron chi connectivity index (χ0n) is 21.0. The molecule has 2 aromatic rings. The van der Waals surface area contributed by atoms with E-state index in [9.17, 15) is 18.0 Å². The minimum atomic E-state index is -3.87. The highest BCUT2D eigenvalue weighted by atomic mass is 32.2. The van der Waals surface area contributed by atoms with Gasteiger partial charge in [-0.25, -0.2) is 8.42 Å². The van der Waals surface area contributed by atoms with E-state index in [2.05, 4.69) is 5.32 Å². The number of hydrogen-bond acceptors (Lipinski definition) is 6. The van der Waals surface area contributed by atoms with Crippen molar-refractivity contribution in [2.24, 2.45) is 0 Å². The van der Waals surface area contributed by atoms with Gasteiger partial charge in [0.15, 0.2) is 0 Å². The minimum absolute atomic E-state index is 0.162. The molecular formula is C25H35N3O6S. The number of hydrogen-bond donors (Lipinski definition) is 1. The summed E-state index contributed by atoms with van der Waals surface area (Å²) in [5, 5.41) is 2.85. The summed E-state index contributed by atoms with van der Waals surface area (Å²) < 4.78 is 37.1. The lowest BCUT2D eigenvalue weighted by Crippen LogP contribution is -2.52. The topological polar surface area (TPSA) is 105 Å². The predicted molar refractivity (Wildman–Crippen MR) is 136 cm³/mol. The van der Waals surface area contributed by atoms with Crippen LogP contribution in [-0.2, 0) is 26.2 Å². The van der Waals surface area contributed by atoms with E-state index in [1.165, 1.54) is 25.2 Å². The highest BCUT2D eigenvalue weighted by molar-refractivity contribution is 7.92. The Balaban J connectivity index is 2.47. The van der Waals surface area contributed by atoms with Crippen LogP contribution < -0.4 is 19.1 Å². The van der Waals surface area contributed by atoms with Crippen molar-refractivity contribution in [2.45, 2.75) is 39.3 Å². The van der Waals surface area contributed by atoms with Crippen LogP contribution in [0, 0.1) is 0 Å². The van der Waals surface area contributed by atoms with Gasteiger partial charge in [0.1, 0.15) is 24.1 Å². The van der Waals surface area contributed by atoms with E-state index >= 15 is 0 Å². The van der Waals surface area contributed by atoms with Crippen molar-refractivity contribution in [3.8, 4) is 11.5 Å². The Morgan fingerprint density at radius 1 is 1.03 bits per heavy atom. The third-order valence-electron chi connectivity index (χ3n) is 5.47. The highest BCUT2D eigenvalue weighted by Crippen LogP contribution is 2.33. The first-order chi connectivity index (χ1) is 16.7. The Bertz CT molecular complexity index is 1090. The summed E-state index contributed by atoms with van der Waals surface area (Å²) in [6.45, 7) is 3.92. The fourth-order valence-corrected chi connectivity index (χ4v) is 4.50. The number of carbonyl (C=O) groups excluding carboxylic acids is 2. The maximum Gasteiger partial charge on any atom is 0.244 e. The lowest BCUT2D eigenvalue weighted by molar-refractivity contribution is -0.140. The number of anilines is 1. The molecule has 0 aliphatic heterocycles. The van der Waals surface area contributed by atoms with Crippen LogP contribution >= 0.6 is 0 Å². The molecule has 0 aliphatic rings. The molecule has 1 unspecified atom stereocenters. The zero-order chi connectivity index (χ0) is 26.0. The van der Waals surface area contributed by atoms with E-state index in [4.69, 9.17) is 9.47 Å². The Labute approximate surface area is 208 Å². The molecule has 0 aliphatic carbocycles. The van der Waals surface area contributed by atoms with Gasteiger partial charge in [0.2, 0.25) is 21.8 Å². The molecule has 0 fully saturated rings. The molecule has 2 aromatic carbocycles. The van der Waals surface area contributed by atoms with E-state index < -0.39 is 28.5 Å². The molecule has 0 saturated heterocycles. The van der Waals surface area contributed by atoms with Gasteiger partial charge in [0, 0.05) is 19.2 Å². The molecule has 0 aromatic heterocycles. The van der Waals surface area contributed by atoms with E-state index in [0.29, 0.717) is 18.7 Å². The number of nitrogens with one attached hydrogen (secondary N) is 1. The number of rotatable bonds is 13. The first-order valence-electron chi connectivity index (χ1n) is 11.5. The number of sulfonamides is 1. The van der Waals surface area contributed by atoms with Crippen LogP contribution in [0.25, 0.3) is 0 Å². The number of benzene rings is 2. The average molecular weight is 506 g/mol. The van der Waals surface area contributed by atoms with Crippen LogP contribution in [0.15, 0.2) is 48.5 Å². The molecule has 10 heteroatoms. The van der Waals surface area contributed by atoms with Crippen molar-refractivity contribution in [3.63, 3.8) is 0 Å². The molecule has 0 heterocycles. The molecule has 2 rings (SSSR count). The third-order valence-corrected chi connectivity index (χ3v) is 6.59. The summed E-state index contributed by atoms with van der Waals surface area (Å²) in [5.74, 6) is -0.0538. The van der Waals surface area contributed by atoms with Gasteiger partial charge in [-0.3, -0.25) is 13.9 Å². The zero-order valence-corrected chi connectivity index (χ0v) is 21.8. The molecule has 1 N–H and O–H groups in total. The van der Waals surface area contributed by atoms with Crippen molar-refractivity contribution < 1.29 is 27.5 Å². The first-order valence-corrected chi connectivity index (χ1v) is 13.3. The molecule has 192 valence electrons. The largest absolute Gasteiger partial charge is 0.497 e. The van der Waals surface area contributed by atoms with Gasteiger partial charge < -0.3 is 19.7 Å². The quantitative estimate of drug-likeness (QED) is 0.449. The molecule has 1 atom stereocenters. The molecule has 0 bridgehead atoms. The van der Waals surface area contributed by atoms with Gasteiger partial charge in [0.05, 0.1) is 26.2 Å². The van der Waals surface area contributed by atoms with Gasteiger partial charge >= 0.3 is 0 Å². The van der Waals surface area contributed by atoms with Crippen LogP contribution in [0.5, 0.6) is 11.5 Å². The fourth-order valence-electron chi connectivity index (χ4n) is 3.65. The summed E-state index contributed by atoms with van der Waals surface area (Å²) in [5.41, 5.74) is 1.03. The number of nitrogens with zero attached hydrogens (tertiary/aromatic N) is 2. The molecule has 2 amide bonds. The van der Waals surface area contributed by atoms with Crippen LogP contribution in [0.3, 0.4) is 0 Å². The Kier molecular flexibility index (Phi) is 10.4. The normalized spacial score (nSPS) is 11.9. The average Bonchev–Trinajstić information content (AvgIpc) is 2.85. The summed E-state index contributed by atoms with van der Waals surface area (Å²) in [4.78, 5) is 28.0. The fraction of sp³-hybridized carbons (Fsp3) is 0.440. The molecule has 35 heavy (non-hydrogen) atoms. The van der Waals surface area contributed by atoms with Crippen molar-refractivity contribution in [1.82, 2.24) is 10.2 Å². The number of methoxy groups -OCH3 is 2. The second kappa shape index (κ2) is 13.0. The number of ether oxygens (including phenoxy) is 2. The standard InChI is InChI=1S/C25H35N3O6S/c1-6-15-26-25(30)21(7-2)27(17-19-11-9-8-10-12-19)24(29)18-28(35(5,31)32)22-14-13-20(33-3)16-23(22)34-4/h8-14,16,21H,6-7,15,17-18H2,1-5H3,(H,26,30). The van der Waals surface area contributed by atoms with Gasteiger partial charge in [-0.2, -0.15) is 0 Å². The molecule has 0 saturated carbocycles. The lowest BCUT2D eigenvalue weighted by Gasteiger charge is -2.33. The molecule has 0 radical (unpaired) electrons. The van der Waals surface area contributed by atoms with Crippen LogP contribution in [0.2, 0.25) is 0 Å². The second-order valence-electron chi connectivity index (χ2n) is 8.03. The van der Waals surface area contributed by atoms with E-state index in [-0.39, 0.29) is 23.9 Å². The van der Waals surface area contributed by atoms with Crippen LogP contribution in [0.1, 0.15) is 32.3 Å². The van der Waals surface area contributed by atoms with E-state index in [1.807, 2.05) is 44.2 Å². The number of carbonyl (C=O) groups is 2. The summed E-state index contributed by atoms with van der Waals surface area (Å²) >= 11 is 0. The summed E-state index contributed by atoms with van der Waals surface area (Å²) in [6.07, 6.45) is 2.16. The third kappa shape index (κ3) is 7.61. The Hall–Kier alpha value is -3.27. The highest BCUT2D eigenvalue weighted by Gasteiger charge is 2.32. The monoisotopic (exact) mass is 505 g/mol. The van der Waals surface area contributed by atoms with Crippen molar-refractivity contribution in [1.29, 1.82) is 0 Å². The van der Waals surface area contributed by atoms with Crippen LogP contribution in [0.4, 0.5) is 5.69 Å². The first kappa shape index (κ1) is 28.0. The Morgan fingerprint density at radius 2 is 1.71 bits per heavy atom. The Morgan fingerprint density at radius 3 is 2.26 bits per heavy atom. The SMILES string of the molecule is CCCNC(=O)C(CC)N(Cc1ccccc1)C(=O)CN(c1ccc(OC)cc1OC)S(C)(=O)=O. The summed E-state index contributed by atoms with van der Waals surface area (Å²) in [7, 11) is -0.975. The smallest absolute Gasteiger partial charge is 0.244 e. The molecule has 0 spiro atoms.